The number of nitrogens with one attached hydrogen (secondary N) is 1. The standard InChI is InChI=1S/C15H20FN3/c1-3-17-10(2)8-15-18-13-7-4-11(16)9-14(13)19(15)12-5-6-12/h4,7,9-10,12,17H,3,5-6,8H2,1-2H3. The Hall–Kier alpha value is -1.42. The van der Waals surface area contributed by atoms with Gasteiger partial charge in [-0.05, 0) is 44.5 Å². The first-order valence-electron chi connectivity index (χ1n) is 7.08. The molecule has 1 saturated carbocycles. The Balaban J connectivity index is 2.00. The Bertz CT molecular complexity index is 586. The fourth-order valence-electron chi connectivity index (χ4n) is 2.69. The SMILES string of the molecule is CCNC(C)Cc1nc2ccc(F)cc2n1C1CC1. The van der Waals surface area contributed by atoms with Crippen LogP contribution in [0.3, 0.4) is 0 Å². The van der Waals surface area contributed by atoms with Crippen LogP contribution in [0.25, 0.3) is 11.0 Å². The van der Waals surface area contributed by atoms with E-state index < -0.39 is 0 Å². The van der Waals surface area contributed by atoms with Crippen molar-refractivity contribution in [2.24, 2.45) is 0 Å². The first-order valence-corrected chi connectivity index (χ1v) is 7.08. The van der Waals surface area contributed by atoms with Crippen molar-refractivity contribution in [3.63, 3.8) is 0 Å². The van der Waals surface area contributed by atoms with Gasteiger partial charge in [0, 0.05) is 18.5 Å². The molecule has 4 heteroatoms. The van der Waals surface area contributed by atoms with Crippen molar-refractivity contribution < 1.29 is 4.39 Å². The fourth-order valence-corrected chi connectivity index (χ4v) is 2.69. The molecule has 1 aliphatic carbocycles. The van der Waals surface area contributed by atoms with Crippen LogP contribution in [-0.2, 0) is 6.42 Å². The maximum atomic E-state index is 13.4. The molecule has 0 aliphatic heterocycles. The lowest BCUT2D eigenvalue weighted by molar-refractivity contribution is 0.536. The van der Waals surface area contributed by atoms with E-state index in [1.165, 1.54) is 18.9 Å². The summed E-state index contributed by atoms with van der Waals surface area (Å²) in [6.45, 7) is 5.23. The van der Waals surface area contributed by atoms with Crippen LogP contribution in [0.2, 0.25) is 0 Å². The van der Waals surface area contributed by atoms with Crippen LogP contribution in [-0.4, -0.2) is 22.1 Å². The summed E-state index contributed by atoms with van der Waals surface area (Å²) in [5.41, 5.74) is 1.85. The van der Waals surface area contributed by atoms with Gasteiger partial charge in [-0.3, -0.25) is 0 Å². The molecule has 0 bridgehead atoms. The molecule has 3 nitrogen and oxygen atoms in total. The largest absolute Gasteiger partial charge is 0.325 e. The van der Waals surface area contributed by atoms with E-state index in [2.05, 4.69) is 23.7 Å². The zero-order valence-electron chi connectivity index (χ0n) is 11.5. The third-order valence-corrected chi connectivity index (χ3v) is 3.68. The van der Waals surface area contributed by atoms with E-state index in [1.807, 2.05) is 0 Å². The van der Waals surface area contributed by atoms with E-state index in [9.17, 15) is 4.39 Å². The maximum Gasteiger partial charge on any atom is 0.125 e. The van der Waals surface area contributed by atoms with Crippen molar-refractivity contribution in [1.82, 2.24) is 14.9 Å². The monoisotopic (exact) mass is 261 g/mol. The highest BCUT2D eigenvalue weighted by Crippen LogP contribution is 2.39. The van der Waals surface area contributed by atoms with Crippen molar-refractivity contribution in [1.29, 1.82) is 0 Å². The summed E-state index contributed by atoms with van der Waals surface area (Å²) in [7, 11) is 0. The molecule has 1 fully saturated rings. The fraction of sp³-hybridized carbons (Fsp3) is 0.533. The highest BCUT2D eigenvalue weighted by molar-refractivity contribution is 5.76. The van der Waals surface area contributed by atoms with Crippen molar-refractivity contribution in [3.05, 3.63) is 29.8 Å². The van der Waals surface area contributed by atoms with Crippen molar-refractivity contribution in [2.45, 2.75) is 45.2 Å². The Morgan fingerprint density at radius 3 is 2.95 bits per heavy atom. The molecule has 1 atom stereocenters. The van der Waals surface area contributed by atoms with Crippen LogP contribution in [0.5, 0.6) is 0 Å². The lowest BCUT2D eigenvalue weighted by atomic mass is 10.2. The first kappa shape index (κ1) is 12.6. The van der Waals surface area contributed by atoms with Gasteiger partial charge in [0.15, 0.2) is 0 Å². The molecule has 1 N–H and O–H groups in total. The average molecular weight is 261 g/mol. The van der Waals surface area contributed by atoms with Gasteiger partial charge >= 0.3 is 0 Å². The van der Waals surface area contributed by atoms with Crippen LogP contribution >= 0.6 is 0 Å². The molecule has 1 heterocycles. The summed E-state index contributed by atoms with van der Waals surface area (Å²) in [4.78, 5) is 4.69. The van der Waals surface area contributed by atoms with Gasteiger partial charge in [-0.1, -0.05) is 6.92 Å². The minimum Gasteiger partial charge on any atom is -0.325 e. The van der Waals surface area contributed by atoms with Crippen LogP contribution in [0.1, 0.15) is 38.6 Å². The van der Waals surface area contributed by atoms with E-state index in [0.29, 0.717) is 12.1 Å². The van der Waals surface area contributed by atoms with Gasteiger partial charge in [0.05, 0.1) is 11.0 Å². The molecule has 0 amide bonds. The zero-order valence-corrected chi connectivity index (χ0v) is 11.5. The maximum absolute atomic E-state index is 13.4. The van der Waals surface area contributed by atoms with Crippen LogP contribution in [0.4, 0.5) is 4.39 Å². The van der Waals surface area contributed by atoms with Crippen molar-refractivity contribution >= 4 is 11.0 Å². The number of hydrogen-bond donors (Lipinski definition) is 1. The zero-order chi connectivity index (χ0) is 13.4. The third kappa shape index (κ3) is 2.50. The molecule has 0 saturated heterocycles. The highest BCUT2D eigenvalue weighted by Gasteiger charge is 2.28. The number of fused-ring (bicyclic) bond motifs is 1. The van der Waals surface area contributed by atoms with Crippen LogP contribution in [0.15, 0.2) is 18.2 Å². The molecular weight excluding hydrogens is 241 g/mol. The van der Waals surface area contributed by atoms with Crippen molar-refractivity contribution in [2.75, 3.05) is 6.54 Å². The number of nitrogens with zero attached hydrogens (tertiary/aromatic N) is 2. The van der Waals surface area contributed by atoms with E-state index in [-0.39, 0.29) is 5.82 Å². The highest BCUT2D eigenvalue weighted by atomic mass is 19.1. The quantitative estimate of drug-likeness (QED) is 0.896. The van der Waals surface area contributed by atoms with Gasteiger partial charge in [0.1, 0.15) is 11.6 Å². The number of benzene rings is 1. The summed E-state index contributed by atoms with van der Waals surface area (Å²) < 4.78 is 15.7. The molecule has 19 heavy (non-hydrogen) atoms. The smallest absolute Gasteiger partial charge is 0.125 e. The van der Waals surface area contributed by atoms with Gasteiger partial charge in [-0.15, -0.1) is 0 Å². The summed E-state index contributed by atoms with van der Waals surface area (Å²) >= 11 is 0. The van der Waals surface area contributed by atoms with Crippen molar-refractivity contribution in [3.8, 4) is 0 Å². The Labute approximate surface area is 112 Å². The number of likely N-dealkylation sites (N-methyl/N-ethyl adjacent to an activating group) is 1. The second kappa shape index (κ2) is 4.93. The van der Waals surface area contributed by atoms with Gasteiger partial charge in [-0.2, -0.15) is 0 Å². The number of imidazole rings is 1. The number of aromatic nitrogens is 2. The molecule has 1 aliphatic rings. The predicted molar refractivity (Wildman–Crippen MR) is 74.8 cm³/mol. The summed E-state index contributed by atoms with van der Waals surface area (Å²) in [5.74, 6) is 0.900. The van der Waals surface area contributed by atoms with Gasteiger partial charge in [-0.25, -0.2) is 9.37 Å². The van der Waals surface area contributed by atoms with E-state index in [4.69, 9.17) is 4.98 Å². The number of halogens is 1. The average Bonchev–Trinajstić information content (AvgIpc) is 3.12. The van der Waals surface area contributed by atoms with Gasteiger partial charge in [0.2, 0.25) is 0 Å². The number of hydrogen-bond acceptors (Lipinski definition) is 2. The molecule has 1 unspecified atom stereocenters. The Morgan fingerprint density at radius 2 is 2.26 bits per heavy atom. The molecule has 102 valence electrons. The molecule has 3 rings (SSSR count). The van der Waals surface area contributed by atoms with Gasteiger partial charge < -0.3 is 9.88 Å². The molecular formula is C15H20FN3. The minimum absolute atomic E-state index is 0.180. The van der Waals surface area contributed by atoms with E-state index in [1.54, 1.807) is 12.1 Å². The van der Waals surface area contributed by atoms with Crippen LogP contribution < -0.4 is 5.32 Å². The minimum atomic E-state index is -0.180. The summed E-state index contributed by atoms with van der Waals surface area (Å²) in [5, 5.41) is 3.41. The molecule has 1 aromatic heterocycles. The topological polar surface area (TPSA) is 29.9 Å². The molecule has 0 spiro atoms. The second-order valence-electron chi connectivity index (χ2n) is 5.43. The second-order valence-corrected chi connectivity index (χ2v) is 5.43. The lowest BCUT2D eigenvalue weighted by Crippen LogP contribution is -2.28. The first-order chi connectivity index (χ1) is 9.19. The van der Waals surface area contributed by atoms with Gasteiger partial charge in [0.25, 0.3) is 0 Å². The normalized spacial score (nSPS) is 17.0. The number of rotatable bonds is 5. The lowest BCUT2D eigenvalue weighted by Gasteiger charge is -2.13. The van der Waals surface area contributed by atoms with E-state index in [0.717, 1.165) is 29.8 Å². The Kier molecular flexibility index (Phi) is 3.27. The third-order valence-electron chi connectivity index (χ3n) is 3.68. The van der Waals surface area contributed by atoms with Crippen LogP contribution in [0, 0.1) is 5.82 Å². The predicted octanol–water partition coefficient (Wildman–Crippen LogP) is 3.05. The summed E-state index contributed by atoms with van der Waals surface area (Å²) in [6.07, 6.45) is 3.26. The van der Waals surface area contributed by atoms with E-state index >= 15 is 0 Å². The Morgan fingerprint density at radius 1 is 1.47 bits per heavy atom. The molecule has 0 radical (unpaired) electrons. The molecule has 2 aromatic rings. The summed E-state index contributed by atoms with van der Waals surface area (Å²) in [6, 6.07) is 5.80. The molecule has 1 aromatic carbocycles.